The monoisotopic (exact) mass is 423 g/mol. The molecule has 1 fully saturated rings. The maximum absolute atomic E-state index is 13.1. The molecule has 1 N–H and O–H groups in total. The van der Waals surface area contributed by atoms with Crippen molar-refractivity contribution < 1.29 is 14.1 Å². The Balaban J connectivity index is 1.56. The topological polar surface area (TPSA) is 75.4 Å². The summed E-state index contributed by atoms with van der Waals surface area (Å²) in [6, 6.07) is 10.4. The van der Waals surface area contributed by atoms with Crippen LogP contribution in [-0.2, 0) is 11.2 Å². The molecular weight excluding hydrogens is 398 g/mol. The van der Waals surface area contributed by atoms with Gasteiger partial charge in [0.05, 0.1) is 11.1 Å². The molecule has 2 amide bonds. The number of carbonyl (C=O) groups excluding carboxylic acids is 2. The van der Waals surface area contributed by atoms with Gasteiger partial charge in [0, 0.05) is 20.1 Å². The summed E-state index contributed by atoms with van der Waals surface area (Å²) in [4.78, 5) is 27.7. The number of hydrogen-bond donors (Lipinski definition) is 1. The molecule has 0 aliphatic carbocycles. The van der Waals surface area contributed by atoms with E-state index in [-0.39, 0.29) is 11.8 Å². The van der Waals surface area contributed by atoms with Crippen molar-refractivity contribution in [2.24, 2.45) is 5.41 Å². The van der Waals surface area contributed by atoms with E-state index in [1.807, 2.05) is 0 Å². The second kappa shape index (κ2) is 8.07. The molecule has 0 bridgehead atoms. The molecule has 156 valence electrons. The molecule has 3 aromatic rings. The molecule has 4 rings (SSSR count). The third-order valence-corrected chi connectivity index (χ3v) is 6.63. The predicted octanol–water partition coefficient (Wildman–Crippen LogP) is 3.84. The van der Waals surface area contributed by atoms with E-state index in [4.69, 9.17) is 4.52 Å². The van der Waals surface area contributed by atoms with E-state index < -0.39 is 5.41 Å². The van der Waals surface area contributed by atoms with Gasteiger partial charge in [-0.1, -0.05) is 29.4 Å². The summed E-state index contributed by atoms with van der Waals surface area (Å²) in [6.07, 6.45) is 1.20. The molecule has 30 heavy (non-hydrogen) atoms. The maximum atomic E-state index is 13.1. The van der Waals surface area contributed by atoms with Crippen molar-refractivity contribution in [3.05, 3.63) is 63.7 Å². The van der Waals surface area contributed by atoms with Crippen LogP contribution in [0.3, 0.4) is 0 Å². The molecule has 0 spiro atoms. The Morgan fingerprint density at radius 2 is 1.97 bits per heavy atom. The highest BCUT2D eigenvalue weighted by molar-refractivity contribution is 7.08. The minimum atomic E-state index is -0.646. The highest BCUT2D eigenvalue weighted by atomic mass is 32.1. The summed E-state index contributed by atoms with van der Waals surface area (Å²) in [6.45, 7) is 4.41. The highest BCUT2D eigenvalue weighted by Gasteiger charge is 2.46. The van der Waals surface area contributed by atoms with Gasteiger partial charge in [-0.3, -0.25) is 9.59 Å². The lowest BCUT2D eigenvalue weighted by Crippen LogP contribution is -2.44. The lowest BCUT2D eigenvalue weighted by atomic mass is 9.79. The van der Waals surface area contributed by atoms with Gasteiger partial charge in [0.2, 0.25) is 5.91 Å². The zero-order chi connectivity index (χ0) is 21.3. The van der Waals surface area contributed by atoms with Crippen LogP contribution in [0.15, 0.2) is 45.6 Å². The average molecular weight is 424 g/mol. The fourth-order valence-electron chi connectivity index (χ4n) is 4.30. The van der Waals surface area contributed by atoms with Crippen LogP contribution in [0.2, 0.25) is 0 Å². The number of thiophene rings is 1. The van der Waals surface area contributed by atoms with Crippen LogP contribution in [0.1, 0.15) is 33.8 Å². The van der Waals surface area contributed by atoms with Crippen molar-refractivity contribution >= 4 is 23.2 Å². The summed E-state index contributed by atoms with van der Waals surface area (Å²) in [7, 11) is 1.66. The second-order valence-corrected chi connectivity index (χ2v) is 8.70. The zero-order valence-corrected chi connectivity index (χ0v) is 18.2. The molecule has 0 saturated carbocycles. The largest absolute Gasteiger partial charge is 0.361 e. The fourth-order valence-corrected chi connectivity index (χ4v) is 4.97. The highest BCUT2D eigenvalue weighted by Crippen LogP contribution is 2.36. The lowest BCUT2D eigenvalue weighted by Gasteiger charge is -2.28. The first kappa shape index (κ1) is 20.3. The van der Waals surface area contributed by atoms with Gasteiger partial charge in [-0.15, -0.1) is 0 Å². The van der Waals surface area contributed by atoms with Crippen molar-refractivity contribution in [2.75, 3.05) is 20.1 Å². The number of aromatic nitrogens is 1. The third-order valence-electron chi connectivity index (χ3n) is 5.95. The fraction of sp³-hybridized carbons (Fsp3) is 0.348. The van der Waals surface area contributed by atoms with Gasteiger partial charge in [0.1, 0.15) is 11.3 Å². The van der Waals surface area contributed by atoms with Gasteiger partial charge in [-0.2, -0.15) is 11.3 Å². The molecule has 6 nitrogen and oxygen atoms in total. The summed E-state index contributed by atoms with van der Waals surface area (Å²) in [5.41, 5.74) is 3.89. The number of carbonyl (C=O) groups is 2. The molecule has 1 aliphatic heterocycles. The SMILES string of the molecule is CNC(=O)C1(Cc2ccc(-c3ccsc3)cc2)CCN(C(=O)c2c(C)noc2C)C1. The Bertz CT molecular complexity index is 1040. The van der Waals surface area contributed by atoms with Crippen LogP contribution < -0.4 is 5.32 Å². The number of likely N-dealkylation sites (tertiary alicyclic amines) is 1. The van der Waals surface area contributed by atoms with Crippen LogP contribution in [0, 0.1) is 19.3 Å². The Labute approximate surface area is 179 Å². The minimum absolute atomic E-state index is 0.0292. The van der Waals surface area contributed by atoms with Crippen molar-refractivity contribution in [1.82, 2.24) is 15.4 Å². The van der Waals surface area contributed by atoms with Crippen LogP contribution in [0.5, 0.6) is 0 Å². The molecule has 1 aliphatic rings. The van der Waals surface area contributed by atoms with E-state index in [1.54, 1.807) is 37.1 Å². The number of benzene rings is 1. The summed E-state index contributed by atoms with van der Waals surface area (Å²) < 4.78 is 5.16. The number of hydrogen-bond acceptors (Lipinski definition) is 5. The van der Waals surface area contributed by atoms with E-state index in [9.17, 15) is 9.59 Å². The molecular formula is C23H25N3O3S. The smallest absolute Gasteiger partial charge is 0.259 e. The van der Waals surface area contributed by atoms with Gasteiger partial charge in [-0.05, 0) is 60.2 Å². The number of nitrogens with one attached hydrogen (secondary N) is 1. The van der Waals surface area contributed by atoms with E-state index in [0.29, 0.717) is 42.9 Å². The molecule has 2 aromatic heterocycles. The van der Waals surface area contributed by atoms with Crippen LogP contribution in [0.25, 0.3) is 11.1 Å². The molecule has 0 radical (unpaired) electrons. The number of aryl methyl sites for hydroxylation is 2. The first-order valence-electron chi connectivity index (χ1n) is 9.99. The van der Waals surface area contributed by atoms with Gasteiger partial charge >= 0.3 is 0 Å². The van der Waals surface area contributed by atoms with Crippen molar-refractivity contribution in [3.8, 4) is 11.1 Å². The van der Waals surface area contributed by atoms with E-state index in [0.717, 1.165) is 11.1 Å². The van der Waals surface area contributed by atoms with Crippen LogP contribution in [0.4, 0.5) is 0 Å². The first-order valence-corrected chi connectivity index (χ1v) is 10.9. The number of nitrogens with zero attached hydrogens (tertiary/aromatic N) is 2. The standard InChI is InChI=1S/C23H25N3O3S/c1-15-20(16(2)29-25-15)21(27)26-10-9-23(14-26,22(28)24-3)12-17-4-6-18(7-5-17)19-8-11-30-13-19/h4-8,11,13H,9-10,12,14H2,1-3H3,(H,24,28). The second-order valence-electron chi connectivity index (χ2n) is 7.92. The molecule has 7 heteroatoms. The first-order chi connectivity index (χ1) is 14.4. The number of amides is 2. The van der Waals surface area contributed by atoms with Gasteiger partial charge in [-0.25, -0.2) is 0 Å². The summed E-state index contributed by atoms with van der Waals surface area (Å²) in [5.74, 6) is 0.363. The Morgan fingerprint density at radius 3 is 2.57 bits per heavy atom. The van der Waals surface area contributed by atoms with E-state index in [2.05, 4.69) is 51.6 Å². The Kier molecular flexibility index (Phi) is 5.47. The van der Waals surface area contributed by atoms with Crippen molar-refractivity contribution in [1.29, 1.82) is 0 Å². The molecule has 1 unspecified atom stereocenters. The molecule has 1 saturated heterocycles. The Morgan fingerprint density at radius 1 is 1.20 bits per heavy atom. The predicted molar refractivity (Wildman–Crippen MR) is 116 cm³/mol. The molecule has 3 heterocycles. The van der Waals surface area contributed by atoms with Crippen molar-refractivity contribution in [3.63, 3.8) is 0 Å². The average Bonchev–Trinajstić information content (AvgIpc) is 3.49. The zero-order valence-electron chi connectivity index (χ0n) is 17.4. The quantitative estimate of drug-likeness (QED) is 0.677. The minimum Gasteiger partial charge on any atom is -0.361 e. The third kappa shape index (κ3) is 3.65. The maximum Gasteiger partial charge on any atom is 0.259 e. The lowest BCUT2D eigenvalue weighted by molar-refractivity contribution is -0.129. The molecule has 1 atom stereocenters. The normalized spacial score (nSPS) is 18.6. The van der Waals surface area contributed by atoms with Crippen LogP contribution >= 0.6 is 11.3 Å². The van der Waals surface area contributed by atoms with Gasteiger partial charge < -0.3 is 14.7 Å². The van der Waals surface area contributed by atoms with E-state index >= 15 is 0 Å². The Hall–Kier alpha value is -2.93. The molecule has 1 aromatic carbocycles. The van der Waals surface area contributed by atoms with Crippen LogP contribution in [-0.4, -0.2) is 42.0 Å². The number of rotatable bonds is 5. The summed E-state index contributed by atoms with van der Waals surface area (Å²) >= 11 is 1.67. The van der Waals surface area contributed by atoms with Gasteiger partial charge in [0.25, 0.3) is 5.91 Å². The van der Waals surface area contributed by atoms with Gasteiger partial charge in [0.15, 0.2) is 0 Å². The summed E-state index contributed by atoms with van der Waals surface area (Å²) in [5, 5.41) is 10.9. The van der Waals surface area contributed by atoms with E-state index in [1.165, 1.54) is 5.56 Å². The van der Waals surface area contributed by atoms with Crippen molar-refractivity contribution in [2.45, 2.75) is 26.7 Å².